The second-order valence-electron chi connectivity index (χ2n) is 6.81. The van der Waals surface area contributed by atoms with Crippen LogP contribution in [0.25, 0.3) is 10.9 Å². The average Bonchev–Trinajstić information content (AvgIpc) is 3.33. The van der Waals surface area contributed by atoms with Gasteiger partial charge in [-0.3, -0.25) is 9.59 Å². The van der Waals surface area contributed by atoms with Gasteiger partial charge in [-0.2, -0.15) is 0 Å². The summed E-state index contributed by atoms with van der Waals surface area (Å²) in [4.78, 5) is 26.3. The van der Waals surface area contributed by atoms with Crippen LogP contribution in [0.1, 0.15) is 26.4 Å². The number of benzene rings is 2. The highest BCUT2D eigenvalue weighted by atomic mass is 32.1. The minimum absolute atomic E-state index is 0.0138. The summed E-state index contributed by atoms with van der Waals surface area (Å²) in [6.45, 7) is 4.10. The van der Waals surface area contributed by atoms with Gasteiger partial charge in [0.15, 0.2) is 0 Å². The number of carbonyl (C=O) groups is 2. The van der Waals surface area contributed by atoms with Crippen LogP contribution in [0.15, 0.2) is 66.2 Å². The lowest BCUT2D eigenvalue weighted by Gasteiger charge is -2.12. The molecule has 1 N–H and O–H groups in total. The van der Waals surface area contributed by atoms with E-state index in [4.69, 9.17) is 0 Å². The van der Waals surface area contributed by atoms with E-state index in [0.717, 1.165) is 27.7 Å². The van der Waals surface area contributed by atoms with E-state index in [-0.39, 0.29) is 18.2 Å². The van der Waals surface area contributed by atoms with Crippen molar-refractivity contribution in [3.05, 3.63) is 87.7 Å². The molecule has 0 aliphatic carbocycles. The second kappa shape index (κ2) is 7.44. The third kappa shape index (κ3) is 3.37. The Labute approximate surface area is 167 Å². The predicted molar refractivity (Wildman–Crippen MR) is 114 cm³/mol. The van der Waals surface area contributed by atoms with Gasteiger partial charge in [0.2, 0.25) is 11.7 Å². The number of ketones is 1. The molecule has 0 unspecified atom stereocenters. The van der Waals surface area contributed by atoms with Crippen LogP contribution in [0.5, 0.6) is 0 Å². The molecule has 1 amide bonds. The van der Waals surface area contributed by atoms with Crippen molar-refractivity contribution in [2.24, 2.45) is 0 Å². The normalized spacial score (nSPS) is 10.9. The third-order valence-electron chi connectivity index (χ3n) is 4.84. The zero-order valence-corrected chi connectivity index (χ0v) is 16.5. The fourth-order valence-corrected chi connectivity index (χ4v) is 4.12. The Balaban J connectivity index is 1.66. The van der Waals surface area contributed by atoms with Crippen LogP contribution in [0.3, 0.4) is 0 Å². The lowest BCUT2D eigenvalue weighted by Crippen LogP contribution is -2.19. The molecule has 2 heterocycles. The lowest BCUT2D eigenvalue weighted by atomic mass is 10.1. The van der Waals surface area contributed by atoms with E-state index < -0.39 is 0 Å². The van der Waals surface area contributed by atoms with Gasteiger partial charge in [0.25, 0.3) is 0 Å². The molecule has 0 aliphatic heterocycles. The molecule has 0 atom stereocenters. The fraction of sp³-hybridized carbons (Fsp3) is 0.130. The molecule has 0 fully saturated rings. The molecule has 0 aliphatic rings. The lowest BCUT2D eigenvalue weighted by molar-refractivity contribution is -0.116. The number of amides is 1. The molecule has 28 heavy (non-hydrogen) atoms. The van der Waals surface area contributed by atoms with Crippen LogP contribution < -0.4 is 5.32 Å². The van der Waals surface area contributed by atoms with E-state index in [9.17, 15) is 9.59 Å². The summed E-state index contributed by atoms with van der Waals surface area (Å²) in [5.41, 5.74) is 4.40. The van der Waals surface area contributed by atoms with Crippen molar-refractivity contribution in [3.8, 4) is 0 Å². The molecule has 0 saturated carbocycles. The number of hydrogen-bond acceptors (Lipinski definition) is 3. The topological polar surface area (TPSA) is 51.1 Å². The van der Waals surface area contributed by atoms with Gasteiger partial charge < -0.3 is 9.88 Å². The first-order valence-electron chi connectivity index (χ1n) is 9.07. The minimum Gasteiger partial charge on any atom is -0.337 e. The SMILES string of the molecule is Cc1cccc(C)c1NC(=O)Cn1cc(C(=O)c2cccs2)c2ccccc21. The Kier molecular flexibility index (Phi) is 4.84. The molecule has 140 valence electrons. The highest BCUT2D eigenvalue weighted by Gasteiger charge is 2.18. The number of carbonyl (C=O) groups excluding carboxylic acids is 2. The monoisotopic (exact) mass is 388 g/mol. The Morgan fingerprint density at radius 3 is 2.43 bits per heavy atom. The molecule has 4 aromatic rings. The molecule has 4 nitrogen and oxygen atoms in total. The largest absolute Gasteiger partial charge is 0.337 e. The molecule has 2 aromatic carbocycles. The summed E-state index contributed by atoms with van der Waals surface area (Å²) in [5.74, 6) is -0.131. The van der Waals surface area contributed by atoms with Crippen LogP contribution in [0, 0.1) is 13.8 Å². The van der Waals surface area contributed by atoms with E-state index in [1.807, 2.05) is 78.4 Å². The highest BCUT2D eigenvalue weighted by molar-refractivity contribution is 7.12. The molecular formula is C23H20N2O2S. The van der Waals surface area contributed by atoms with Crippen molar-refractivity contribution in [2.45, 2.75) is 20.4 Å². The number of rotatable bonds is 5. The average molecular weight is 388 g/mol. The number of aryl methyl sites for hydroxylation is 2. The molecule has 2 aromatic heterocycles. The van der Waals surface area contributed by atoms with Gasteiger partial charge in [0.05, 0.1) is 4.88 Å². The summed E-state index contributed by atoms with van der Waals surface area (Å²) < 4.78 is 1.85. The van der Waals surface area contributed by atoms with Gasteiger partial charge in [-0.25, -0.2) is 0 Å². The van der Waals surface area contributed by atoms with E-state index >= 15 is 0 Å². The van der Waals surface area contributed by atoms with Crippen LogP contribution in [0.4, 0.5) is 5.69 Å². The fourth-order valence-electron chi connectivity index (χ4n) is 3.44. The molecule has 0 bridgehead atoms. The van der Waals surface area contributed by atoms with Crippen LogP contribution in [0.2, 0.25) is 0 Å². The first-order valence-corrected chi connectivity index (χ1v) is 9.94. The van der Waals surface area contributed by atoms with Crippen molar-refractivity contribution in [1.29, 1.82) is 0 Å². The Bertz CT molecular complexity index is 1150. The first kappa shape index (κ1) is 18.2. The van der Waals surface area contributed by atoms with Gasteiger partial charge in [-0.05, 0) is 42.5 Å². The van der Waals surface area contributed by atoms with Gasteiger partial charge >= 0.3 is 0 Å². The maximum Gasteiger partial charge on any atom is 0.244 e. The van der Waals surface area contributed by atoms with Gasteiger partial charge in [-0.15, -0.1) is 11.3 Å². The van der Waals surface area contributed by atoms with Crippen molar-refractivity contribution < 1.29 is 9.59 Å². The predicted octanol–water partition coefficient (Wildman–Crippen LogP) is 5.19. The van der Waals surface area contributed by atoms with Crippen LogP contribution in [-0.4, -0.2) is 16.3 Å². The maximum absolute atomic E-state index is 12.9. The molecule has 0 spiro atoms. The summed E-state index contributed by atoms with van der Waals surface area (Å²) in [6.07, 6.45) is 1.79. The minimum atomic E-state index is -0.117. The Hall–Kier alpha value is -3.18. The van der Waals surface area contributed by atoms with Crippen molar-refractivity contribution >= 4 is 39.6 Å². The molecule has 5 heteroatoms. The number of para-hydroxylation sites is 2. The molecular weight excluding hydrogens is 368 g/mol. The quantitative estimate of drug-likeness (QED) is 0.478. The van der Waals surface area contributed by atoms with Gasteiger partial charge in [-0.1, -0.05) is 42.5 Å². The van der Waals surface area contributed by atoms with Crippen LogP contribution >= 0.6 is 11.3 Å². The standard InChI is InChI=1S/C23H20N2O2S/c1-15-7-5-8-16(2)22(15)24-21(26)14-25-13-18(17-9-3-4-10-19(17)25)23(27)20-11-6-12-28-20/h3-13H,14H2,1-2H3,(H,24,26). The van der Waals surface area contributed by atoms with Crippen molar-refractivity contribution in [1.82, 2.24) is 4.57 Å². The summed E-state index contributed by atoms with van der Waals surface area (Å²) in [5, 5.41) is 5.77. The number of thiophene rings is 1. The molecule has 0 radical (unpaired) electrons. The third-order valence-corrected chi connectivity index (χ3v) is 5.71. The van der Waals surface area contributed by atoms with E-state index in [0.29, 0.717) is 10.4 Å². The Morgan fingerprint density at radius 1 is 0.964 bits per heavy atom. The summed E-state index contributed by atoms with van der Waals surface area (Å²) in [7, 11) is 0. The summed E-state index contributed by atoms with van der Waals surface area (Å²) in [6, 6.07) is 17.3. The van der Waals surface area contributed by atoms with E-state index in [2.05, 4.69) is 5.32 Å². The number of aromatic nitrogens is 1. The first-order chi connectivity index (χ1) is 13.5. The zero-order valence-electron chi connectivity index (χ0n) is 15.7. The maximum atomic E-state index is 12.9. The van der Waals surface area contributed by atoms with Gasteiger partial charge in [0.1, 0.15) is 6.54 Å². The van der Waals surface area contributed by atoms with Crippen LogP contribution in [-0.2, 0) is 11.3 Å². The van der Waals surface area contributed by atoms with Gasteiger partial charge in [0, 0.05) is 28.4 Å². The zero-order chi connectivity index (χ0) is 19.7. The number of fused-ring (bicyclic) bond motifs is 1. The second-order valence-corrected chi connectivity index (χ2v) is 7.76. The van der Waals surface area contributed by atoms with E-state index in [1.165, 1.54) is 11.3 Å². The molecule has 4 rings (SSSR count). The summed E-state index contributed by atoms with van der Waals surface area (Å²) >= 11 is 1.42. The smallest absolute Gasteiger partial charge is 0.244 e. The number of nitrogens with zero attached hydrogens (tertiary/aromatic N) is 1. The number of hydrogen-bond donors (Lipinski definition) is 1. The molecule has 0 saturated heterocycles. The van der Waals surface area contributed by atoms with Crippen molar-refractivity contribution in [2.75, 3.05) is 5.32 Å². The number of nitrogens with one attached hydrogen (secondary N) is 1. The van der Waals surface area contributed by atoms with Crippen molar-refractivity contribution in [3.63, 3.8) is 0 Å². The number of anilines is 1. The van der Waals surface area contributed by atoms with E-state index in [1.54, 1.807) is 6.20 Å². The Morgan fingerprint density at radius 2 is 1.71 bits per heavy atom. The highest BCUT2D eigenvalue weighted by Crippen LogP contribution is 2.26.